The fourth-order valence-electron chi connectivity index (χ4n) is 3.12. The number of benzene rings is 3. The molecule has 0 bridgehead atoms. The van der Waals surface area contributed by atoms with Gasteiger partial charge >= 0.3 is 6.03 Å². The summed E-state index contributed by atoms with van der Waals surface area (Å²) in [4.78, 5) is 36.5. The molecule has 0 aliphatic carbocycles. The average molecular weight is 483 g/mol. The van der Waals surface area contributed by atoms with Gasteiger partial charge in [0.05, 0.1) is 10.6 Å². The van der Waals surface area contributed by atoms with Crippen molar-refractivity contribution >= 4 is 40.8 Å². The van der Waals surface area contributed by atoms with Gasteiger partial charge in [-0.15, -0.1) is 0 Å². The highest BCUT2D eigenvalue weighted by atomic mass is 35.5. The van der Waals surface area contributed by atoms with E-state index in [4.69, 9.17) is 11.6 Å². The zero-order valence-electron chi connectivity index (χ0n) is 18.5. The molecule has 0 radical (unpaired) electrons. The maximum atomic E-state index is 13.1. The van der Waals surface area contributed by atoms with Crippen molar-refractivity contribution in [3.05, 3.63) is 94.3 Å². The molecule has 0 aromatic heterocycles. The Morgan fingerprint density at radius 2 is 1.59 bits per heavy atom. The maximum Gasteiger partial charge on any atom is 0.323 e. The minimum Gasteiger partial charge on any atom is -0.352 e. The van der Waals surface area contributed by atoms with Gasteiger partial charge in [-0.25, -0.2) is 9.18 Å². The second-order valence-electron chi connectivity index (χ2n) is 7.56. The Morgan fingerprint density at radius 1 is 0.882 bits per heavy atom. The highest BCUT2D eigenvalue weighted by molar-refractivity contribution is 6.33. The summed E-state index contributed by atoms with van der Waals surface area (Å²) in [6.45, 7) is 2.29. The molecule has 4 N–H and O–H groups in total. The highest BCUT2D eigenvalue weighted by Gasteiger charge is 2.11. The van der Waals surface area contributed by atoms with Crippen molar-refractivity contribution in [3.63, 3.8) is 0 Å². The molecule has 3 rings (SSSR count). The van der Waals surface area contributed by atoms with E-state index in [0.717, 1.165) is 23.3 Å². The fourth-order valence-corrected chi connectivity index (χ4v) is 3.38. The normalized spacial score (nSPS) is 10.3. The molecule has 0 saturated heterocycles. The Morgan fingerprint density at radius 3 is 2.29 bits per heavy atom. The van der Waals surface area contributed by atoms with Crippen molar-refractivity contribution in [2.45, 2.75) is 19.9 Å². The van der Waals surface area contributed by atoms with Crippen molar-refractivity contribution in [1.29, 1.82) is 0 Å². The summed E-state index contributed by atoms with van der Waals surface area (Å²) >= 11 is 5.86. The summed E-state index contributed by atoms with van der Waals surface area (Å²) in [6, 6.07) is 17.7. The number of urea groups is 1. The van der Waals surface area contributed by atoms with Crippen LogP contribution in [0.2, 0.25) is 5.02 Å². The molecule has 0 fully saturated rings. The summed E-state index contributed by atoms with van der Waals surface area (Å²) in [6.07, 6.45) is 0.0569. The van der Waals surface area contributed by atoms with Crippen LogP contribution in [0.5, 0.6) is 0 Å². The van der Waals surface area contributed by atoms with Crippen LogP contribution in [0.25, 0.3) is 0 Å². The van der Waals surface area contributed by atoms with Crippen molar-refractivity contribution in [1.82, 2.24) is 10.6 Å². The minimum absolute atomic E-state index is 0.00278. The number of hydrogen-bond donors (Lipinski definition) is 4. The zero-order valence-corrected chi connectivity index (χ0v) is 19.2. The fraction of sp³-hybridized carbons (Fsp3) is 0.160. The van der Waals surface area contributed by atoms with E-state index in [1.54, 1.807) is 24.3 Å². The lowest BCUT2D eigenvalue weighted by molar-refractivity contribution is -0.121. The first kappa shape index (κ1) is 24.7. The van der Waals surface area contributed by atoms with Crippen LogP contribution in [0.4, 0.5) is 20.6 Å². The second-order valence-corrected chi connectivity index (χ2v) is 7.96. The number of amides is 4. The lowest BCUT2D eigenvalue weighted by atomic mass is 10.2. The van der Waals surface area contributed by atoms with Gasteiger partial charge < -0.3 is 21.3 Å². The predicted octanol–water partition coefficient (Wildman–Crippen LogP) is 4.87. The first-order chi connectivity index (χ1) is 16.3. The van der Waals surface area contributed by atoms with E-state index in [2.05, 4.69) is 21.3 Å². The molecule has 176 valence electrons. The lowest BCUT2D eigenvalue weighted by Crippen LogP contribution is -2.30. The summed E-state index contributed by atoms with van der Waals surface area (Å²) in [5.74, 6) is -1.28. The van der Waals surface area contributed by atoms with Crippen LogP contribution in [-0.4, -0.2) is 24.4 Å². The highest BCUT2D eigenvalue weighted by Crippen LogP contribution is 2.17. The first-order valence-electron chi connectivity index (χ1n) is 10.5. The predicted molar refractivity (Wildman–Crippen MR) is 130 cm³/mol. The monoisotopic (exact) mass is 482 g/mol. The molecule has 3 aromatic rings. The molecule has 4 amide bonds. The van der Waals surface area contributed by atoms with Crippen LogP contribution in [0.1, 0.15) is 27.9 Å². The molecule has 0 spiro atoms. The van der Waals surface area contributed by atoms with E-state index in [1.807, 2.05) is 31.2 Å². The number of carbonyl (C=O) groups excluding carboxylic acids is 3. The zero-order chi connectivity index (χ0) is 24.5. The number of carbonyl (C=O) groups is 3. The van der Waals surface area contributed by atoms with Gasteiger partial charge in [0.1, 0.15) is 5.82 Å². The van der Waals surface area contributed by atoms with E-state index in [0.29, 0.717) is 11.4 Å². The quantitative estimate of drug-likeness (QED) is 0.368. The van der Waals surface area contributed by atoms with Crippen molar-refractivity contribution in [2.24, 2.45) is 0 Å². The Labute approximate surface area is 201 Å². The molecule has 0 atom stereocenters. The van der Waals surface area contributed by atoms with Crippen LogP contribution >= 0.6 is 11.6 Å². The molecular formula is C25H24ClFN4O3. The summed E-state index contributed by atoms with van der Waals surface area (Å²) < 4.78 is 13.1. The minimum atomic E-state index is -0.535. The number of rotatable bonds is 8. The molecule has 0 aliphatic rings. The van der Waals surface area contributed by atoms with Crippen LogP contribution in [0, 0.1) is 12.7 Å². The molecule has 0 saturated carbocycles. The topological polar surface area (TPSA) is 99.3 Å². The molecule has 0 unspecified atom stereocenters. The first-order valence-corrected chi connectivity index (χ1v) is 10.9. The third-order valence-corrected chi connectivity index (χ3v) is 5.08. The van der Waals surface area contributed by atoms with Gasteiger partial charge in [0.25, 0.3) is 5.91 Å². The Bertz CT molecular complexity index is 1200. The SMILES string of the molecule is Cc1cccc(NC(=O)Nc2cccc(CNC(=O)CCNC(=O)c3ccc(F)cc3Cl)c2)c1. The molecule has 9 heteroatoms. The van der Waals surface area contributed by atoms with Gasteiger partial charge in [-0.05, 0) is 60.5 Å². The van der Waals surface area contributed by atoms with Crippen LogP contribution in [0.15, 0.2) is 66.7 Å². The van der Waals surface area contributed by atoms with Crippen molar-refractivity contribution < 1.29 is 18.8 Å². The molecule has 0 aliphatic heterocycles. The van der Waals surface area contributed by atoms with Gasteiger partial charge in [-0.2, -0.15) is 0 Å². The van der Waals surface area contributed by atoms with E-state index < -0.39 is 11.7 Å². The number of aryl methyl sites for hydroxylation is 1. The van der Waals surface area contributed by atoms with Crippen LogP contribution < -0.4 is 21.3 Å². The summed E-state index contributed by atoms with van der Waals surface area (Å²) in [5.41, 5.74) is 3.24. The Kier molecular flexibility index (Phi) is 8.59. The van der Waals surface area contributed by atoms with E-state index >= 15 is 0 Å². The Balaban J connectivity index is 1.42. The average Bonchev–Trinajstić information content (AvgIpc) is 2.78. The van der Waals surface area contributed by atoms with E-state index in [1.165, 1.54) is 6.07 Å². The van der Waals surface area contributed by atoms with Crippen molar-refractivity contribution in [2.75, 3.05) is 17.2 Å². The molecule has 7 nitrogen and oxygen atoms in total. The molecule has 3 aromatic carbocycles. The third-order valence-electron chi connectivity index (χ3n) is 4.76. The molecular weight excluding hydrogens is 459 g/mol. The van der Waals surface area contributed by atoms with E-state index in [9.17, 15) is 18.8 Å². The number of halogens is 2. The van der Waals surface area contributed by atoms with Gasteiger partial charge in [0.15, 0.2) is 0 Å². The summed E-state index contributed by atoms with van der Waals surface area (Å²) in [5, 5.41) is 10.9. The molecule has 0 heterocycles. The van der Waals surface area contributed by atoms with Crippen molar-refractivity contribution in [3.8, 4) is 0 Å². The number of hydrogen-bond acceptors (Lipinski definition) is 3. The van der Waals surface area contributed by atoms with Crippen LogP contribution in [-0.2, 0) is 11.3 Å². The second kappa shape index (κ2) is 11.8. The smallest absolute Gasteiger partial charge is 0.323 e. The standard InChI is InChI=1S/C25H24ClFN4O3/c1-16-4-2-6-19(12-16)30-25(34)31-20-7-3-5-17(13-20)15-29-23(32)10-11-28-24(33)21-9-8-18(27)14-22(21)26/h2-9,12-14H,10-11,15H2,1H3,(H,28,33)(H,29,32)(H2,30,31,34). The lowest BCUT2D eigenvalue weighted by Gasteiger charge is -2.11. The largest absolute Gasteiger partial charge is 0.352 e. The Hall–Kier alpha value is -3.91. The van der Waals surface area contributed by atoms with E-state index in [-0.39, 0.29) is 42.0 Å². The van der Waals surface area contributed by atoms with Crippen LogP contribution in [0.3, 0.4) is 0 Å². The summed E-state index contributed by atoms with van der Waals surface area (Å²) in [7, 11) is 0. The van der Waals surface area contributed by atoms with Gasteiger partial charge in [0.2, 0.25) is 5.91 Å². The maximum absolute atomic E-state index is 13.1. The number of nitrogens with one attached hydrogen (secondary N) is 4. The molecule has 34 heavy (non-hydrogen) atoms. The van der Waals surface area contributed by atoms with Gasteiger partial charge in [-0.3, -0.25) is 9.59 Å². The van der Waals surface area contributed by atoms with Gasteiger partial charge in [-0.1, -0.05) is 35.9 Å². The number of anilines is 2. The third kappa shape index (κ3) is 7.60. The van der Waals surface area contributed by atoms with Gasteiger partial charge in [0, 0.05) is 30.9 Å².